The van der Waals surface area contributed by atoms with Crippen molar-refractivity contribution < 1.29 is 9.47 Å². The fourth-order valence-electron chi connectivity index (χ4n) is 3.20. The van der Waals surface area contributed by atoms with Gasteiger partial charge in [-0.25, -0.2) is 0 Å². The molecule has 23 heavy (non-hydrogen) atoms. The highest BCUT2D eigenvalue weighted by Gasteiger charge is 2.24. The third-order valence-corrected chi connectivity index (χ3v) is 4.93. The van der Waals surface area contributed by atoms with E-state index in [9.17, 15) is 0 Å². The maximum atomic E-state index is 6.11. The smallest absolute Gasteiger partial charge is 0.104 e. The van der Waals surface area contributed by atoms with E-state index < -0.39 is 0 Å². The molecule has 1 heterocycles. The summed E-state index contributed by atoms with van der Waals surface area (Å²) in [6.45, 7) is 6.32. The van der Waals surface area contributed by atoms with Gasteiger partial charge in [-0.05, 0) is 12.8 Å². The monoisotopic (exact) mass is 326 g/mol. The molecule has 0 bridgehead atoms. The third kappa shape index (κ3) is 14.0. The second-order valence-electron chi connectivity index (χ2n) is 7.38. The van der Waals surface area contributed by atoms with E-state index in [4.69, 9.17) is 9.47 Å². The predicted molar refractivity (Wildman–Crippen MR) is 100 cm³/mol. The lowest BCUT2D eigenvalue weighted by molar-refractivity contribution is 0.0288. The molecule has 2 atom stereocenters. The van der Waals surface area contributed by atoms with Crippen LogP contribution >= 0.6 is 0 Å². The van der Waals surface area contributed by atoms with Gasteiger partial charge < -0.3 is 9.47 Å². The van der Waals surface area contributed by atoms with E-state index in [1.807, 2.05) is 0 Å². The zero-order valence-electron chi connectivity index (χ0n) is 16.0. The van der Waals surface area contributed by atoms with Crippen LogP contribution in [0.2, 0.25) is 0 Å². The first-order valence-electron chi connectivity index (χ1n) is 10.6. The Bertz CT molecular complexity index is 238. The minimum Gasteiger partial charge on any atom is -0.375 e. The van der Waals surface area contributed by atoms with Crippen LogP contribution in [0.3, 0.4) is 0 Å². The van der Waals surface area contributed by atoms with E-state index in [0.29, 0.717) is 12.2 Å². The van der Waals surface area contributed by atoms with Crippen LogP contribution in [0.25, 0.3) is 0 Å². The van der Waals surface area contributed by atoms with Crippen LogP contribution in [-0.2, 0) is 9.47 Å². The molecule has 0 N–H and O–H groups in total. The average molecular weight is 327 g/mol. The highest BCUT2D eigenvalue weighted by atomic mass is 16.6. The minimum atomic E-state index is 0.413. The third-order valence-electron chi connectivity index (χ3n) is 4.93. The van der Waals surface area contributed by atoms with Crippen molar-refractivity contribution in [1.82, 2.24) is 0 Å². The summed E-state index contributed by atoms with van der Waals surface area (Å²) in [5, 5.41) is 0. The van der Waals surface area contributed by atoms with Crippen LogP contribution in [0.1, 0.15) is 110 Å². The summed E-state index contributed by atoms with van der Waals surface area (Å²) in [5.41, 5.74) is 0. The zero-order valence-corrected chi connectivity index (χ0v) is 16.0. The standard InChI is InChI=1S/C21H42O2/c1-3-5-7-9-11-13-15-17-20(22-18-21-19-23-21)16-14-12-10-8-6-4-2/h20-21H,3-19H2,1-2H3/t20-,21+/m0/s1. The first-order valence-corrected chi connectivity index (χ1v) is 10.6. The molecule has 0 saturated carbocycles. The number of hydrogen-bond donors (Lipinski definition) is 0. The first kappa shape index (κ1) is 21.0. The lowest BCUT2D eigenvalue weighted by Gasteiger charge is -2.17. The number of unbranched alkanes of at least 4 members (excludes halogenated alkanes) is 11. The van der Waals surface area contributed by atoms with Gasteiger partial charge in [-0.3, -0.25) is 0 Å². The number of ether oxygens (including phenoxy) is 2. The molecule has 0 aromatic heterocycles. The van der Waals surface area contributed by atoms with Gasteiger partial charge in [-0.15, -0.1) is 0 Å². The second kappa shape index (κ2) is 15.4. The summed E-state index contributed by atoms with van der Waals surface area (Å²) in [7, 11) is 0. The molecule has 2 nitrogen and oxygen atoms in total. The summed E-state index contributed by atoms with van der Waals surface area (Å²) in [6, 6.07) is 0. The summed E-state index contributed by atoms with van der Waals surface area (Å²) >= 11 is 0. The molecule has 0 radical (unpaired) electrons. The van der Waals surface area contributed by atoms with Gasteiger partial charge in [0.25, 0.3) is 0 Å². The van der Waals surface area contributed by atoms with Crippen molar-refractivity contribution in [3.8, 4) is 0 Å². The Balaban J connectivity index is 2.00. The molecular weight excluding hydrogens is 284 g/mol. The van der Waals surface area contributed by atoms with Crippen molar-refractivity contribution in [2.75, 3.05) is 13.2 Å². The zero-order chi connectivity index (χ0) is 16.6. The van der Waals surface area contributed by atoms with Crippen molar-refractivity contribution in [3.63, 3.8) is 0 Å². The fraction of sp³-hybridized carbons (Fsp3) is 1.00. The second-order valence-corrected chi connectivity index (χ2v) is 7.38. The van der Waals surface area contributed by atoms with Crippen molar-refractivity contribution >= 4 is 0 Å². The van der Waals surface area contributed by atoms with Crippen LogP contribution in [0.4, 0.5) is 0 Å². The van der Waals surface area contributed by atoms with Crippen molar-refractivity contribution in [2.45, 2.75) is 122 Å². The van der Waals surface area contributed by atoms with Crippen molar-refractivity contribution in [2.24, 2.45) is 0 Å². The average Bonchev–Trinajstić information content (AvgIpc) is 3.38. The SMILES string of the molecule is CCCCCCCCC[C@H](CCCCCCCC)OC[C@@H]1CO1. The number of hydrogen-bond acceptors (Lipinski definition) is 2. The summed E-state index contributed by atoms with van der Waals surface area (Å²) in [5.74, 6) is 0. The predicted octanol–water partition coefficient (Wildman–Crippen LogP) is 6.66. The number of epoxide rings is 1. The molecule has 0 aromatic rings. The van der Waals surface area contributed by atoms with Crippen LogP contribution in [0.15, 0.2) is 0 Å². The minimum absolute atomic E-state index is 0.413. The van der Waals surface area contributed by atoms with Gasteiger partial charge in [-0.2, -0.15) is 0 Å². The van der Waals surface area contributed by atoms with Gasteiger partial charge in [0.15, 0.2) is 0 Å². The normalized spacial score (nSPS) is 18.3. The van der Waals surface area contributed by atoms with E-state index in [2.05, 4.69) is 13.8 Å². The van der Waals surface area contributed by atoms with Crippen molar-refractivity contribution in [3.05, 3.63) is 0 Å². The molecule has 1 saturated heterocycles. The van der Waals surface area contributed by atoms with Gasteiger partial charge in [-0.1, -0.05) is 97.3 Å². The lowest BCUT2D eigenvalue weighted by atomic mass is 10.0. The Morgan fingerprint density at radius 2 is 1.17 bits per heavy atom. The van der Waals surface area contributed by atoms with E-state index in [1.165, 1.54) is 96.3 Å². The topological polar surface area (TPSA) is 21.8 Å². The highest BCUT2D eigenvalue weighted by molar-refractivity contribution is 4.69. The maximum absolute atomic E-state index is 6.11. The first-order chi connectivity index (χ1) is 11.4. The summed E-state index contributed by atoms with van der Waals surface area (Å²) in [4.78, 5) is 0. The van der Waals surface area contributed by atoms with E-state index >= 15 is 0 Å². The summed E-state index contributed by atoms with van der Waals surface area (Å²) < 4.78 is 11.4. The Morgan fingerprint density at radius 1 is 0.739 bits per heavy atom. The van der Waals surface area contributed by atoms with Crippen LogP contribution in [0.5, 0.6) is 0 Å². The van der Waals surface area contributed by atoms with E-state index in [0.717, 1.165) is 13.2 Å². The van der Waals surface area contributed by atoms with E-state index in [1.54, 1.807) is 0 Å². The van der Waals surface area contributed by atoms with Gasteiger partial charge in [0.2, 0.25) is 0 Å². The van der Waals surface area contributed by atoms with Gasteiger partial charge in [0.05, 0.1) is 19.3 Å². The molecule has 1 aliphatic rings. The van der Waals surface area contributed by atoms with Crippen LogP contribution in [-0.4, -0.2) is 25.4 Å². The molecule has 0 aliphatic carbocycles. The van der Waals surface area contributed by atoms with Gasteiger partial charge in [0.1, 0.15) is 6.10 Å². The molecule has 2 heteroatoms. The molecule has 1 aliphatic heterocycles. The molecule has 1 rings (SSSR count). The van der Waals surface area contributed by atoms with E-state index in [-0.39, 0.29) is 0 Å². The molecule has 0 unspecified atom stereocenters. The molecule has 1 fully saturated rings. The molecular formula is C21H42O2. The molecule has 0 amide bonds. The Kier molecular flexibility index (Phi) is 14.1. The quantitative estimate of drug-likeness (QED) is 0.207. The van der Waals surface area contributed by atoms with Crippen LogP contribution < -0.4 is 0 Å². The molecule has 0 aromatic carbocycles. The summed E-state index contributed by atoms with van der Waals surface area (Å²) in [6.07, 6.45) is 21.5. The van der Waals surface area contributed by atoms with Crippen LogP contribution in [0, 0.1) is 0 Å². The Morgan fingerprint density at radius 3 is 1.61 bits per heavy atom. The highest BCUT2D eigenvalue weighted by Crippen LogP contribution is 2.19. The number of rotatable bonds is 18. The lowest BCUT2D eigenvalue weighted by Crippen LogP contribution is -2.16. The van der Waals surface area contributed by atoms with Gasteiger partial charge >= 0.3 is 0 Å². The fourth-order valence-corrected chi connectivity index (χ4v) is 3.20. The Labute approximate surface area is 145 Å². The molecule has 0 spiro atoms. The Hall–Kier alpha value is -0.0800. The van der Waals surface area contributed by atoms with Crippen molar-refractivity contribution in [1.29, 1.82) is 0 Å². The maximum Gasteiger partial charge on any atom is 0.104 e. The van der Waals surface area contributed by atoms with Gasteiger partial charge in [0, 0.05) is 0 Å². The largest absolute Gasteiger partial charge is 0.375 e. The molecule has 138 valence electrons.